The van der Waals surface area contributed by atoms with Crippen LogP contribution in [0.25, 0.3) is 0 Å². The third-order valence-corrected chi connectivity index (χ3v) is 2.46. The fraction of sp³-hybridized carbons (Fsp3) is 0.417. The molecule has 1 rings (SSSR count). The van der Waals surface area contributed by atoms with Gasteiger partial charge >= 0.3 is 17.6 Å². The molecule has 9 heteroatoms. The van der Waals surface area contributed by atoms with Crippen molar-refractivity contribution in [3.8, 4) is 0 Å². The van der Waals surface area contributed by atoms with Crippen LogP contribution in [-0.4, -0.2) is 35.1 Å². The van der Waals surface area contributed by atoms with E-state index in [4.69, 9.17) is 15.2 Å². The predicted molar refractivity (Wildman–Crippen MR) is 71.3 cm³/mol. The third-order valence-electron chi connectivity index (χ3n) is 2.46. The maximum atomic E-state index is 11.9. The number of nitrogens with zero attached hydrogens (tertiary/aromatic N) is 2. The van der Waals surface area contributed by atoms with Gasteiger partial charge in [-0.05, 0) is 19.9 Å². The van der Waals surface area contributed by atoms with Crippen molar-refractivity contribution in [3.63, 3.8) is 0 Å². The smallest absolute Gasteiger partial charge is 0.326 e. The molecule has 0 amide bonds. The summed E-state index contributed by atoms with van der Waals surface area (Å²) in [5.74, 6) is -3.52. The molecule has 0 unspecified atom stereocenters. The van der Waals surface area contributed by atoms with Gasteiger partial charge in [-0.3, -0.25) is 19.7 Å². The Hall–Kier alpha value is -2.71. The maximum Gasteiger partial charge on any atom is 0.326 e. The lowest BCUT2D eigenvalue weighted by Gasteiger charge is -2.14. The number of hydrogen-bond donors (Lipinski definition) is 1. The molecule has 21 heavy (non-hydrogen) atoms. The highest BCUT2D eigenvalue weighted by atomic mass is 16.6. The summed E-state index contributed by atoms with van der Waals surface area (Å²) in [5, 5.41) is 10.7. The number of nitrogens with two attached hydrogens (primary N) is 1. The predicted octanol–water partition coefficient (Wildman–Crippen LogP) is 0.782. The molecule has 0 aliphatic heterocycles. The van der Waals surface area contributed by atoms with E-state index < -0.39 is 34.3 Å². The normalized spacial score (nSPS) is 10.2. The van der Waals surface area contributed by atoms with Crippen LogP contribution in [0, 0.1) is 10.1 Å². The van der Waals surface area contributed by atoms with Gasteiger partial charge in [0.1, 0.15) is 0 Å². The van der Waals surface area contributed by atoms with E-state index in [9.17, 15) is 19.7 Å². The molecular weight excluding hydrogens is 282 g/mol. The lowest BCUT2D eigenvalue weighted by molar-refractivity contribution is -0.384. The minimum Gasteiger partial charge on any atom is -0.465 e. The zero-order valence-electron chi connectivity index (χ0n) is 11.6. The van der Waals surface area contributed by atoms with Gasteiger partial charge < -0.3 is 15.2 Å². The third kappa shape index (κ3) is 3.88. The lowest BCUT2D eigenvalue weighted by atomic mass is 10.0. The molecule has 0 spiro atoms. The van der Waals surface area contributed by atoms with Crippen LogP contribution in [-0.2, 0) is 19.1 Å². The molecule has 0 aliphatic rings. The van der Waals surface area contributed by atoms with E-state index >= 15 is 0 Å². The molecule has 2 N–H and O–H groups in total. The number of esters is 2. The molecule has 0 atom stereocenters. The summed E-state index contributed by atoms with van der Waals surface area (Å²) < 4.78 is 9.58. The van der Waals surface area contributed by atoms with Crippen LogP contribution < -0.4 is 5.73 Å². The van der Waals surface area contributed by atoms with Gasteiger partial charge in [0.15, 0.2) is 5.92 Å². The number of carbonyl (C=O) groups is 2. The van der Waals surface area contributed by atoms with Crippen LogP contribution in [0.4, 0.5) is 11.5 Å². The second kappa shape index (κ2) is 7.17. The average Bonchev–Trinajstić information content (AvgIpc) is 2.39. The van der Waals surface area contributed by atoms with E-state index in [-0.39, 0.29) is 18.9 Å². The summed E-state index contributed by atoms with van der Waals surface area (Å²) in [6.45, 7) is 3.30. The van der Waals surface area contributed by atoms with Gasteiger partial charge in [0.25, 0.3) is 0 Å². The van der Waals surface area contributed by atoms with Crippen LogP contribution in [0.5, 0.6) is 0 Å². The van der Waals surface area contributed by atoms with Crippen molar-refractivity contribution in [3.05, 3.63) is 27.9 Å². The highest BCUT2D eigenvalue weighted by Gasteiger charge is 2.33. The first-order valence-electron chi connectivity index (χ1n) is 6.16. The number of rotatable bonds is 6. The zero-order chi connectivity index (χ0) is 16.0. The molecule has 0 saturated carbocycles. The van der Waals surface area contributed by atoms with E-state index in [2.05, 4.69) is 4.98 Å². The SMILES string of the molecule is CCOC(=O)C(C(=O)OCC)c1ccc([N+](=O)[O-])c(N)n1. The maximum absolute atomic E-state index is 11.9. The van der Waals surface area contributed by atoms with Crippen LogP contribution in [0.15, 0.2) is 12.1 Å². The first kappa shape index (κ1) is 16.3. The molecule has 1 heterocycles. The van der Waals surface area contributed by atoms with Gasteiger partial charge in [0.05, 0.1) is 23.8 Å². The molecule has 0 aliphatic carbocycles. The number of hydrogen-bond acceptors (Lipinski definition) is 8. The van der Waals surface area contributed by atoms with Crippen molar-refractivity contribution in [1.82, 2.24) is 4.98 Å². The monoisotopic (exact) mass is 297 g/mol. The second-order valence-corrected chi connectivity index (χ2v) is 3.83. The Balaban J connectivity index is 3.19. The van der Waals surface area contributed by atoms with E-state index in [1.165, 1.54) is 6.07 Å². The highest BCUT2D eigenvalue weighted by Crippen LogP contribution is 2.24. The number of aromatic nitrogens is 1. The van der Waals surface area contributed by atoms with Crippen molar-refractivity contribution in [2.75, 3.05) is 18.9 Å². The molecule has 0 saturated heterocycles. The van der Waals surface area contributed by atoms with Crippen molar-refractivity contribution < 1.29 is 24.0 Å². The Morgan fingerprint density at radius 2 is 1.81 bits per heavy atom. The first-order chi connectivity index (χ1) is 9.92. The number of pyridine rings is 1. The summed E-state index contributed by atoms with van der Waals surface area (Å²) in [5.41, 5.74) is 4.98. The summed E-state index contributed by atoms with van der Waals surface area (Å²) >= 11 is 0. The molecule has 1 aromatic heterocycles. The van der Waals surface area contributed by atoms with Crippen LogP contribution >= 0.6 is 0 Å². The standard InChI is InChI=1S/C12H15N3O6/c1-3-20-11(16)9(12(17)21-4-2)7-5-6-8(15(18)19)10(13)14-7/h5-6,9H,3-4H2,1-2H3,(H2,13,14). The number of anilines is 1. The quantitative estimate of drug-likeness (QED) is 0.352. The van der Waals surface area contributed by atoms with E-state index in [1.54, 1.807) is 13.8 Å². The molecule has 9 nitrogen and oxygen atoms in total. The highest BCUT2D eigenvalue weighted by molar-refractivity contribution is 6.00. The fourth-order valence-electron chi connectivity index (χ4n) is 1.59. The van der Waals surface area contributed by atoms with Gasteiger partial charge in [-0.25, -0.2) is 4.98 Å². The van der Waals surface area contributed by atoms with Crippen molar-refractivity contribution in [2.45, 2.75) is 19.8 Å². The number of nitro groups is 1. The lowest BCUT2D eigenvalue weighted by Crippen LogP contribution is -2.27. The number of carbonyl (C=O) groups excluding carboxylic acids is 2. The van der Waals surface area contributed by atoms with Gasteiger partial charge in [-0.1, -0.05) is 0 Å². The zero-order valence-corrected chi connectivity index (χ0v) is 11.6. The number of ether oxygens (including phenoxy) is 2. The van der Waals surface area contributed by atoms with Crippen LogP contribution in [0.2, 0.25) is 0 Å². The van der Waals surface area contributed by atoms with E-state index in [0.29, 0.717) is 0 Å². The average molecular weight is 297 g/mol. The fourth-order valence-corrected chi connectivity index (χ4v) is 1.59. The Labute approximate surface area is 120 Å². The first-order valence-corrected chi connectivity index (χ1v) is 6.16. The Bertz CT molecular complexity index is 542. The Kier molecular flexibility index (Phi) is 5.58. The second-order valence-electron chi connectivity index (χ2n) is 3.83. The van der Waals surface area contributed by atoms with Crippen molar-refractivity contribution in [1.29, 1.82) is 0 Å². The minimum absolute atomic E-state index is 0.0602. The van der Waals surface area contributed by atoms with E-state index in [0.717, 1.165) is 6.07 Å². The molecule has 0 bridgehead atoms. The summed E-state index contributed by atoms with van der Waals surface area (Å²) in [6, 6.07) is 2.25. The molecular formula is C12H15N3O6. The van der Waals surface area contributed by atoms with Gasteiger partial charge in [-0.2, -0.15) is 0 Å². The van der Waals surface area contributed by atoms with Crippen molar-refractivity contribution in [2.24, 2.45) is 0 Å². The van der Waals surface area contributed by atoms with Gasteiger partial charge in [0, 0.05) is 6.07 Å². The molecule has 0 radical (unpaired) electrons. The van der Waals surface area contributed by atoms with Gasteiger partial charge in [-0.15, -0.1) is 0 Å². The van der Waals surface area contributed by atoms with Gasteiger partial charge in [0.2, 0.25) is 5.82 Å². The molecule has 1 aromatic rings. The Morgan fingerprint density at radius 3 is 2.19 bits per heavy atom. The summed E-state index contributed by atoms with van der Waals surface area (Å²) in [4.78, 5) is 37.4. The minimum atomic E-state index is -1.42. The molecule has 114 valence electrons. The summed E-state index contributed by atoms with van der Waals surface area (Å²) in [6.07, 6.45) is 0. The molecule has 0 aromatic carbocycles. The Morgan fingerprint density at radius 1 is 1.29 bits per heavy atom. The van der Waals surface area contributed by atoms with E-state index in [1.807, 2.05) is 0 Å². The van der Waals surface area contributed by atoms with Crippen LogP contribution in [0.3, 0.4) is 0 Å². The van der Waals surface area contributed by atoms with Crippen LogP contribution in [0.1, 0.15) is 25.5 Å². The summed E-state index contributed by atoms with van der Waals surface area (Å²) in [7, 11) is 0. The molecule has 0 fully saturated rings. The topological polar surface area (TPSA) is 135 Å². The van der Waals surface area contributed by atoms with Crippen molar-refractivity contribution >= 4 is 23.4 Å². The number of nitrogen functional groups attached to an aromatic ring is 1. The largest absolute Gasteiger partial charge is 0.465 e.